The lowest BCUT2D eigenvalue weighted by Crippen LogP contribution is -2.13. The quantitative estimate of drug-likeness (QED) is 0.144. The van der Waals surface area contributed by atoms with Gasteiger partial charge in [-0.3, -0.25) is 4.79 Å². The minimum atomic E-state index is -0.604. The van der Waals surface area contributed by atoms with Crippen molar-refractivity contribution in [1.29, 1.82) is 5.26 Å². The summed E-state index contributed by atoms with van der Waals surface area (Å²) in [4.78, 5) is 25.2. The molecule has 0 atom stereocenters. The molecule has 4 aromatic rings. The molecule has 1 amide bonds. The summed E-state index contributed by atoms with van der Waals surface area (Å²) in [6.45, 7) is 0. The molecule has 0 aliphatic carbocycles. The van der Waals surface area contributed by atoms with Gasteiger partial charge in [0.2, 0.25) is 0 Å². The predicted octanol–water partition coefficient (Wildman–Crippen LogP) is 6.91. The summed E-state index contributed by atoms with van der Waals surface area (Å²) in [6.07, 6.45) is 1.43. The number of anilines is 1. The van der Waals surface area contributed by atoms with Crippen LogP contribution in [0.3, 0.4) is 0 Å². The molecule has 7 heteroatoms. The number of hydrogen-bond donors (Lipinski definition) is 1. The number of carbonyl (C=O) groups is 2. The van der Waals surface area contributed by atoms with Crippen LogP contribution < -0.4 is 10.1 Å². The minimum Gasteiger partial charge on any atom is -0.423 e. The van der Waals surface area contributed by atoms with Crippen molar-refractivity contribution in [2.24, 2.45) is 0 Å². The maximum absolute atomic E-state index is 12.7. The molecule has 166 valence electrons. The van der Waals surface area contributed by atoms with Gasteiger partial charge in [-0.1, -0.05) is 71.7 Å². The molecule has 0 spiro atoms. The predicted molar refractivity (Wildman–Crippen MR) is 134 cm³/mol. The van der Waals surface area contributed by atoms with Crippen LogP contribution in [0.5, 0.6) is 5.75 Å². The number of benzene rings is 4. The van der Waals surface area contributed by atoms with Crippen LogP contribution in [0.25, 0.3) is 16.8 Å². The zero-order valence-electron chi connectivity index (χ0n) is 17.6. The largest absolute Gasteiger partial charge is 0.423 e. The van der Waals surface area contributed by atoms with E-state index in [-0.39, 0.29) is 5.57 Å². The summed E-state index contributed by atoms with van der Waals surface area (Å²) >= 11 is 11.9. The maximum Gasteiger partial charge on any atom is 0.344 e. The van der Waals surface area contributed by atoms with Crippen LogP contribution in [0.15, 0.2) is 90.5 Å². The first kappa shape index (κ1) is 23.1. The van der Waals surface area contributed by atoms with Crippen molar-refractivity contribution in [2.45, 2.75) is 0 Å². The fourth-order valence-corrected chi connectivity index (χ4v) is 3.86. The Morgan fingerprint density at radius 3 is 2.26 bits per heavy atom. The van der Waals surface area contributed by atoms with Gasteiger partial charge in [-0.15, -0.1) is 0 Å². The van der Waals surface area contributed by atoms with Crippen molar-refractivity contribution >= 4 is 57.6 Å². The Morgan fingerprint density at radius 1 is 0.882 bits per heavy atom. The second kappa shape index (κ2) is 10.2. The highest BCUT2D eigenvalue weighted by atomic mass is 35.5. The molecule has 0 aromatic heterocycles. The van der Waals surface area contributed by atoms with Crippen LogP contribution in [-0.4, -0.2) is 11.9 Å². The Balaban J connectivity index is 1.48. The third-order valence-electron chi connectivity index (χ3n) is 4.90. The number of nitrogens with one attached hydrogen (secondary N) is 1. The van der Waals surface area contributed by atoms with E-state index in [2.05, 4.69) is 5.32 Å². The number of amides is 1. The minimum absolute atomic E-state index is 0.114. The molecular formula is C27H16Cl2N2O3. The van der Waals surface area contributed by atoms with E-state index in [0.29, 0.717) is 32.6 Å². The topological polar surface area (TPSA) is 79.2 Å². The molecule has 0 aliphatic rings. The van der Waals surface area contributed by atoms with Crippen LogP contribution in [0, 0.1) is 11.3 Å². The fourth-order valence-electron chi connectivity index (χ4n) is 3.34. The number of halogens is 2. The molecule has 0 saturated heterocycles. The molecule has 0 saturated carbocycles. The first-order chi connectivity index (χ1) is 16.4. The van der Waals surface area contributed by atoms with Gasteiger partial charge in [0.05, 0.1) is 5.56 Å². The first-order valence-electron chi connectivity index (χ1n) is 10.1. The number of hydrogen-bond acceptors (Lipinski definition) is 4. The maximum atomic E-state index is 12.7. The number of ether oxygens (including phenoxy) is 1. The van der Waals surface area contributed by atoms with Gasteiger partial charge >= 0.3 is 5.97 Å². The number of carbonyl (C=O) groups excluding carboxylic acids is 2. The average Bonchev–Trinajstić information content (AvgIpc) is 2.82. The molecule has 4 rings (SSSR count). The summed E-state index contributed by atoms with van der Waals surface area (Å²) in [7, 11) is 0. The number of esters is 1. The number of rotatable bonds is 5. The molecule has 34 heavy (non-hydrogen) atoms. The molecule has 0 bridgehead atoms. The first-order valence-corrected chi connectivity index (χ1v) is 10.9. The molecule has 0 unspecified atom stereocenters. The third kappa shape index (κ3) is 5.44. The Kier molecular flexibility index (Phi) is 6.93. The number of nitrogens with zero attached hydrogens (tertiary/aromatic N) is 1. The molecule has 0 aliphatic heterocycles. The van der Waals surface area contributed by atoms with Crippen molar-refractivity contribution in [2.75, 3.05) is 5.32 Å². The van der Waals surface area contributed by atoms with Gasteiger partial charge in [0.15, 0.2) is 0 Å². The van der Waals surface area contributed by atoms with Crippen LogP contribution in [-0.2, 0) is 4.79 Å². The van der Waals surface area contributed by atoms with Gasteiger partial charge in [0.25, 0.3) is 5.91 Å². The monoisotopic (exact) mass is 486 g/mol. The summed E-state index contributed by atoms with van der Waals surface area (Å²) in [5, 5.41) is 14.5. The van der Waals surface area contributed by atoms with E-state index >= 15 is 0 Å². The summed E-state index contributed by atoms with van der Waals surface area (Å²) in [5.74, 6) is -0.740. The standard InChI is InChI=1S/C27H16Cl2N2O3/c28-20-13-21(29)15-22(14-20)31-26(32)19(16-30)12-17-8-10-23(11-9-17)34-27(33)25-7-3-5-18-4-1-2-6-24(18)25/h1-15H,(H,31,32)/b19-12+. The Hall–Kier alpha value is -4.11. The highest BCUT2D eigenvalue weighted by molar-refractivity contribution is 6.35. The highest BCUT2D eigenvalue weighted by Gasteiger charge is 2.13. The smallest absolute Gasteiger partial charge is 0.344 e. The van der Waals surface area contributed by atoms with E-state index < -0.39 is 11.9 Å². The van der Waals surface area contributed by atoms with Gasteiger partial charge in [-0.05, 0) is 58.8 Å². The van der Waals surface area contributed by atoms with Gasteiger partial charge in [-0.25, -0.2) is 4.79 Å². The number of nitriles is 1. The average molecular weight is 487 g/mol. The van der Waals surface area contributed by atoms with Gasteiger partial charge in [0.1, 0.15) is 17.4 Å². The Morgan fingerprint density at radius 2 is 1.56 bits per heavy atom. The Labute approximate surface area is 205 Å². The van der Waals surface area contributed by atoms with Crippen LogP contribution >= 0.6 is 23.2 Å². The SMILES string of the molecule is N#C/C(=C\c1ccc(OC(=O)c2cccc3ccccc23)cc1)C(=O)Nc1cc(Cl)cc(Cl)c1. The van der Waals surface area contributed by atoms with E-state index in [9.17, 15) is 14.9 Å². The molecular weight excluding hydrogens is 471 g/mol. The summed E-state index contributed by atoms with van der Waals surface area (Å²) < 4.78 is 5.51. The van der Waals surface area contributed by atoms with E-state index in [1.807, 2.05) is 36.4 Å². The molecule has 4 aromatic carbocycles. The molecule has 0 radical (unpaired) electrons. The van der Waals surface area contributed by atoms with Gasteiger partial charge in [-0.2, -0.15) is 5.26 Å². The normalized spacial score (nSPS) is 11.0. The van der Waals surface area contributed by atoms with Crippen molar-refractivity contribution in [3.63, 3.8) is 0 Å². The summed E-state index contributed by atoms with van der Waals surface area (Å²) in [6, 6.07) is 26.0. The van der Waals surface area contributed by atoms with Crippen LogP contribution in [0.4, 0.5) is 5.69 Å². The van der Waals surface area contributed by atoms with E-state index in [1.165, 1.54) is 24.3 Å². The molecule has 0 heterocycles. The van der Waals surface area contributed by atoms with Gasteiger partial charge < -0.3 is 10.1 Å². The van der Waals surface area contributed by atoms with E-state index in [1.54, 1.807) is 36.4 Å². The molecule has 0 fully saturated rings. The van der Waals surface area contributed by atoms with Crippen molar-refractivity contribution < 1.29 is 14.3 Å². The lowest BCUT2D eigenvalue weighted by atomic mass is 10.0. The zero-order valence-corrected chi connectivity index (χ0v) is 19.1. The second-order valence-electron chi connectivity index (χ2n) is 7.27. The fraction of sp³-hybridized carbons (Fsp3) is 0. The lowest BCUT2D eigenvalue weighted by Gasteiger charge is -2.08. The lowest BCUT2D eigenvalue weighted by molar-refractivity contribution is -0.112. The van der Waals surface area contributed by atoms with Crippen LogP contribution in [0.2, 0.25) is 10.0 Å². The van der Waals surface area contributed by atoms with E-state index in [0.717, 1.165) is 10.8 Å². The molecule has 1 N–H and O–H groups in total. The van der Waals surface area contributed by atoms with Crippen molar-refractivity contribution in [1.82, 2.24) is 0 Å². The van der Waals surface area contributed by atoms with Crippen molar-refractivity contribution in [3.8, 4) is 11.8 Å². The van der Waals surface area contributed by atoms with Gasteiger partial charge in [0, 0.05) is 15.7 Å². The summed E-state index contributed by atoms with van der Waals surface area (Å²) in [5.41, 5.74) is 1.31. The van der Waals surface area contributed by atoms with Crippen molar-refractivity contribution in [3.05, 3.63) is 112 Å². The molecule has 5 nitrogen and oxygen atoms in total. The van der Waals surface area contributed by atoms with Crippen LogP contribution in [0.1, 0.15) is 15.9 Å². The van der Waals surface area contributed by atoms with E-state index in [4.69, 9.17) is 27.9 Å². The Bertz CT molecular complexity index is 1450. The third-order valence-corrected chi connectivity index (χ3v) is 5.33. The zero-order chi connectivity index (χ0) is 24.1. The second-order valence-corrected chi connectivity index (χ2v) is 8.14. The highest BCUT2D eigenvalue weighted by Crippen LogP contribution is 2.24. The number of fused-ring (bicyclic) bond motifs is 1.